The molecule has 1 aromatic heterocycles. The molecule has 2 aliphatic rings. The molecule has 0 unspecified atom stereocenters. The molecule has 0 saturated heterocycles. The van der Waals surface area contributed by atoms with Gasteiger partial charge in [-0.3, -0.25) is 0 Å². The number of nitrogens with zero attached hydrogens (tertiary/aromatic N) is 2. The molecule has 0 fully saturated rings. The van der Waals surface area contributed by atoms with Crippen LogP contribution in [-0.4, -0.2) is 4.57 Å². The second-order valence-electron chi connectivity index (χ2n) is 16.4. The van der Waals surface area contributed by atoms with Gasteiger partial charge in [-0.1, -0.05) is 176 Å². The van der Waals surface area contributed by atoms with E-state index in [4.69, 9.17) is 0 Å². The molecule has 0 saturated carbocycles. The molecule has 1 spiro atoms. The van der Waals surface area contributed by atoms with E-state index in [-0.39, 0.29) is 0 Å². The molecule has 0 radical (unpaired) electrons. The highest BCUT2D eigenvalue weighted by Crippen LogP contribution is 2.63. The van der Waals surface area contributed by atoms with Crippen LogP contribution in [0.5, 0.6) is 0 Å². The summed E-state index contributed by atoms with van der Waals surface area (Å²) in [6.07, 6.45) is 0. The molecule has 0 bridgehead atoms. The van der Waals surface area contributed by atoms with Crippen LogP contribution in [-0.2, 0) is 5.41 Å². The minimum atomic E-state index is -0.464. The molecule has 0 atom stereocenters. The van der Waals surface area contributed by atoms with E-state index >= 15 is 0 Å². The molecule has 61 heavy (non-hydrogen) atoms. The number of hydrogen-bond acceptors (Lipinski definition) is 1. The third kappa shape index (κ3) is 4.79. The van der Waals surface area contributed by atoms with Gasteiger partial charge in [0.15, 0.2) is 0 Å². The first kappa shape index (κ1) is 34.0. The SMILES string of the molecule is c1ccc(-c2cc(N(c3ccc4c(c3)C3(c5ccccc5-c5ccccc53)c3ccccc3-4)c3ccc4ccccc4c3)c3c4ccccc4n(-c4ccccc4)c3c2)cc1. The third-order valence-electron chi connectivity index (χ3n) is 13.3. The van der Waals surface area contributed by atoms with E-state index in [0.29, 0.717) is 0 Å². The summed E-state index contributed by atoms with van der Waals surface area (Å²) < 4.78 is 2.44. The van der Waals surface area contributed by atoms with Gasteiger partial charge < -0.3 is 9.47 Å². The number of para-hydroxylation sites is 2. The van der Waals surface area contributed by atoms with Gasteiger partial charge in [-0.05, 0) is 121 Å². The minimum Gasteiger partial charge on any atom is -0.310 e. The third-order valence-corrected chi connectivity index (χ3v) is 13.3. The van der Waals surface area contributed by atoms with Crippen LogP contribution in [0.1, 0.15) is 22.3 Å². The quantitative estimate of drug-likeness (QED) is 0.169. The second-order valence-corrected chi connectivity index (χ2v) is 16.4. The fraction of sp³-hybridized carbons (Fsp3) is 0.0169. The maximum atomic E-state index is 2.53. The Balaban J connectivity index is 1.16. The van der Waals surface area contributed by atoms with Crippen molar-refractivity contribution in [3.8, 4) is 39.1 Å². The zero-order valence-electron chi connectivity index (χ0n) is 33.3. The van der Waals surface area contributed by atoms with Crippen LogP contribution in [0.2, 0.25) is 0 Å². The van der Waals surface area contributed by atoms with Crippen LogP contribution in [0, 0.1) is 0 Å². The van der Waals surface area contributed by atoms with Crippen LogP contribution < -0.4 is 4.90 Å². The summed E-state index contributed by atoms with van der Waals surface area (Å²) in [5.41, 5.74) is 19.3. The van der Waals surface area contributed by atoms with Crippen molar-refractivity contribution < 1.29 is 0 Å². The molecular formula is C59H38N2. The Labute approximate surface area is 354 Å². The Morgan fingerprint density at radius 2 is 0.885 bits per heavy atom. The van der Waals surface area contributed by atoms with Crippen molar-refractivity contribution in [3.05, 3.63) is 253 Å². The van der Waals surface area contributed by atoms with Crippen molar-refractivity contribution in [2.75, 3.05) is 4.90 Å². The van der Waals surface area contributed by atoms with Gasteiger partial charge in [0.05, 0.1) is 22.1 Å². The molecule has 10 aromatic carbocycles. The molecule has 2 heteroatoms. The molecule has 0 amide bonds. The lowest BCUT2D eigenvalue weighted by atomic mass is 9.70. The molecule has 284 valence electrons. The lowest BCUT2D eigenvalue weighted by Gasteiger charge is -2.32. The predicted octanol–water partition coefficient (Wildman–Crippen LogP) is 15.4. The van der Waals surface area contributed by atoms with E-state index in [1.165, 1.54) is 82.6 Å². The van der Waals surface area contributed by atoms with E-state index in [9.17, 15) is 0 Å². The fourth-order valence-electron chi connectivity index (χ4n) is 10.9. The monoisotopic (exact) mass is 774 g/mol. The van der Waals surface area contributed by atoms with E-state index in [1.54, 1.807) is 0 Å². The highest BCUT2D eigenvalue weighted by molar-refractivity contribution is 6.18. The summed E-state index contributed by atoms with van der Waals surface area (Å²) in [4.78, 5) is 2.53. The van der Waals surface area contributed by atoms with E-state index in [2.05, 4.69) is 240 Å². The number of hydrogen-bond donors (Lipinski definition) is 0. The van der Waals surface area contributed by atoms with Gasteiger partial charge in [-0.15, -0.1) is 0 Å². The molecule has 2 nitrogen and oxygen atoms in total. The largest absolute Gasteiger partial charge is 0.310 e. The van der Waals surface area contributed by atoms with Gasteiger partial charge >= 0.3 is 0 Å². The number of anilines is 3. The second kappa shape index (κ2) is 13.0. The van der Waals surface area contributed by atoms with Crippen molar-refractivity contribution in [1.82, 2.24) is 4.57 Å². The maximum Gasteiger partial charge on any atom is 0.0726 e. The number of aromatic nitrogens is 1. The van der Waals surface area contributed by atoms with Crippen LogP contribution >= 0.6 is 0 Å². The summed E-state index contributed by atoms with van der Waals surface area (Å²) in [6.45, 7) is 0. The van der Waals surface area contributed by atoms with Crippen molar-refractivity contribution >= 4 is 49.6 Å². The number of benzene rings is 10. The fourth-order valence-corrected chi connectivity index (χ4v) is 10.9. The summed E-state index contributed by atoms with van der Waals surface area (Å²) in [5.74, 6) is 0. The zero-order valence-corrected chi connectivity index (χ0v) is 33.3. The van der Waals surface area contributed by atoms with E-state index in [0.717, 1.165) is 28.3 Å². The highest BCUT2D eigenvalue weighted by Gasteiger charge is 2.51. The molecular weight excluding hydrogens is 737 g/mol. The maximum absolute atomic E-state index is 2.53. The van der Waals surface area contributed by atoms with Crippen molar-refractivity contribution in [1.29, 1.82) is 0 Å². The first-order chi connectivity index (χ1) is 30.3. The molecule has 13 rings (SSSR count). The molecule has 1 heterocycles. The van der Waals surface area contributed by atoms with Gasteiger partial charge in [0.25, 0.3) is 0 Å². The van der Waals surface area contributed by atoms with E-state index < -0.39 is 5.41 Å². The molecule has 11 aromatic rings. The normalized spacial score (nSPS) is 13.0. The lowest BCUT2D eigenvalue weighted by molar-refractivity contribution is 0.793. The Morgan fingerprint density at radius 3 is 1.59 bits per heavy atom. The van der Waals surface area contributed by atoms with Crippen LogP contribution in [0.3, 0.4) is 0 Å². The minimum absolute atomic E-state index is 0.464. The van der Waals surface area contributed by atoms with Gasteiger partial charge in [0, 0.05) is 27.8 Å². The number of rotatable bonds is 5. The van der Waals surface area contributed by atoms with Crippen LogP contribution in [0.15, 0.2) is 231 Å². The van der Waals surface area contributed by atoms with Gasteiger partial charge in [0.2, 0.25) is 0 Å². The predicted molar refractivity (Wildman–Crippen MR) is 255 cm³/mol. The van der Waals surface area contributed by atoms with Crippen molar-refractivity contribution in [3.63, 3.8) is 0 Å². The van der Waals surface area contributed by atoms with Gasteiger partial charge in [0.1, 0.15) is 0 Å². The Kier molecular flexibility index (Phi) is 7.26. The Hall–Kier alpha value is -7.94. The molecule has 0 aliphatic heterocycles. The first-order valence-corrected chi connectivity index (χ1v) is 21.2. The van der Waals surface area contributed by atoms with Gasteiger partial charge in [-0.2, -0.15) is 0 Å². The molecule has 0 N–H and O–H groups in total. The van der Waals surface area contributed by atoms with Crippen molar-refractivity contribution in [2.24, 2.45) is 0 Å². The Bertz CT molecular complexity index is 3480. The summed E-state index contributed by atoms with van der Waals surface area (Å²) in [7, 11) is 0. The highest BCUT2D eigenvalue weighted by atomic mass is 15.1. The van der Waals surface area contributed by atoms with E-state index in [1.807, 2.05) is 0 Å². The first-order valence-electron chi connectivity index (χ1n) is 21.2. The molecule has 2 aliphatic carbocycles. The number of fused-ring (bicyclic) bond motifs is 14. The summed E-state index contributed by atoms with van der Waals surface area (Å²) in [6, 6.07) is 85.5. The van der Waals surface area contributed by atoms with Crippen LogP contribution in [0.25, 0.3) is 71.6 Å². The van der Waals surface area contributed by atoms with Gasteiger partial charge in [-0.25, -0.2) is 0 Å². The summed E-state index contributed by atoms with van der Waals surface area (Å²) >= 11 is 0. The average Bonchev–Trinajstić information content (AvgIpc) is 3.94. The topological polar surface area (TPSA) is 8.17 Å². The average molecular weight is 775 g/mol. The zero-order chi connectivity index (χ0) is 40.1. The van der Waals surface area contributed by atoms with Crippen LogP contribution in [0.4, 0.5) is 17.1 Å². The summed E-state index contributed by atoms with van der Waals surface area (Å²) in [5, 5.41) is 4.85. The lowest BCUT2D eigenvalue weighted by Crippen LogP contribution is -2.26. The standard InChI is InChI=1S/C59H38N2/c1-3-17-39(18-4-1)42-36-56(58-50-26-12-16-30-55(50)61(57(58)37-42)43-21-5-2-6-22-43)60(44-32-31-40-19-7-8-20-41(40)35-44)45-33-34-49-48-25-11-15-29-53(48)59(54(49)38-45)51-27-13-9-23-46(51)47-24-10-14-28-52(47)59/h1-38H. The smallest absolute Gasteiger partial charge is 0.0726 e. The Morgan fingerprint density at radius 1 is 0.344 bits per heavy atom. The van der Waals surface area contributed by atoms with Crippen molar-refractivity contribution in [2.45, 2.75) is 5.41 Å².